The van der Waals surface area contributed by atoms with Gasteiger partial charge in [-0.25, -0.2) is 4.79 Å². The van der Waals surface area contributed by atoms with Gasteiger partial charge in [0, 0.05) is 19.3 Å². The van der Waals surface area contributed by atoms with E-state index in [1.807, 2.05) is 12.2 Å². The fourth-order valence-corrected chi connectivity index (χ4v) is 8.03. The highest BCUT2D eigenvalue weighted by atomic mass is 16.7. The van der Waals surface area contributed by atoms with Crippen LogP contribution in [0.4, 0.5) is 0 Å². The lowest BCUT2D eigenvalue weighted by molar-refractivity contribution is -0.301. The minimum absolute atomic E-state index is 0.0331. The van der Waals surface area contributed by atoms with Crippen LogP contribution in [0.1, 0.15) is 201 Å². The SMILES string of the molecule is CC/C=C\C/C=C\C/C=C\C/C=C\C/C=C\CCCC(=O)OC1C(OCC(COC(=O)CCCCCC/C=C\C/C=C\C/C=C\C/C=C\CC)OC(=O)CCCCCC/C=C\C/C=C\C/C=C\C/C=C\CC)OC(C(=O)O)C(O)C1O. The summed E-state index contributed by atoms with van der Waals surface area (Å²) in [5, 5.41) is 31.5. The number of aliphatic hydroxyl groups excluding tert-OH is 2. The first kappa shape index (κ1) is 73.4. The van der Waals surface area contributed by atoms with Crippen LogP contribution in [-0.2, 0) is 42.9 Å². The van der Waals surface area contributed by atoms with Gasteiger partial charge in [-0.2, -0.15) is 0 Å². The van der Waals surface area contributed by atoms with Crippen molar-refractivity contribution >= 4 is 23.9 Å². The van der Waals surface area contributed by atoms with E-state index in [0.717, 1.165) is 135 Å². The fourth-order valence-electron chi connectivity index (χ4n) is 8.03. The molecule has 6 atom stereocenters. The number of aliphatic hydroxyl groups is 2. The standard InChI is InChI=1S/C69H104O12/c1-4-7-10-13-16-19-22-25-28-31-34-37-40-43-46-49-52-55-61(70)77-58-60(79-62(71)56-53-50-47-44-41-38-35-32-29-26-23-20-17-14-11-8-5-2)59-78-69-67(65(74)64(73)66(81-69)68(75)76)80-63(72)57-54-51-48-45-42-39-36-33-30-27-24-21-18-15-12-9-6-3/h7-12,16-21,25-30,34-39,45,48,60,64-67,69,73-74H,4-6,13-15,22-24,31-33,40-44,46-47,49-59H2,1-3H3,(H,75,76)/b10-7-,11-8-,12-9-,19-16-,20-17-,21-18-,28-25-,29-26-,30-27-,37-34-,38-35-,39-36-,48-45-. The zero-order chi connectivity index (χ0) is 58.9. The lowest BCUT2D eigenvalue weighted by Gasteiger charge is -2.40. The van der Waals surface area contributed by atoms with Gasteiger partial charge in [0.25, 0.3) is 0 Å². The Morgan fingerprint density at radius 3 is 1.15 bits per heavy atom. The van der Waals surface area contributed by atoms with Gasteiger partial charge in [-0.1, -0.05) is 204 Å². The molecule has 0 aromatic carbocycles. The third kappa shape index (κ3) is 44.7. The van der Waals surface area contributed by atoms with Crippen molar-refractivity contribution in [3.8, 4) is 0 Å². The van der Waals surface area contributed by atoms with E-state index in [0.29, 0.717) is 25.7 Å². The normalized spacial score (nSPS) is 18.9. The topological polar surface area (TPSA) is 175 Å². The Bertz CT molecular complexity index is 2010. The maximum atomic E-state index is 13.2. The van der Waals surface area contributed by atoms with Crippen LogP contribution in [0.15, 0.2) is 158 Å². The van der Waals surface area contributed by atoms with Crippen molar-refractivity contribution in [2.75, 3.05) is 13.2 Å². The monoisotopic (exact) mass is 1120 g/mol. The first-order valence-electron chi connectivity index (χ1n) is 30.5. The molecule has 1 saturated heterocycles. The maximum absolute atomic E-state index is 13.2. The van der Waals surface area contributed by atoms with E-state index in [1.54, 1.807) is 0 Å². The number of carbonyl (C=O) groups excluding carboxylic acids is 3. The van der Waals surface area contributed by atoms with Gasteiger partial charge in [0.15, 0.2) is 24.6 Å². The highest BCUT2D eigenvalue weighted by Crippen LogP contribution is 2.26. The van der Waals surface area contributed by atoms with Crippen molar-refractivity contribution in [3.63, 3.8) is 0 Å². The average molecular weight is 1130 g/mol. The molecule has 0 spiro atoms. The number of unbranched alkanes of at least 4 members (excludes halogenated alkanes) is 9. The Kier molecular flexibility index (Phi) is 49.7. The minimum Gasteiger partial charge on any atom is -0.479 e. The summed E-state index contributed by atoms with van der Waals surface area (Å²) < 4.78 is 28.4. The minimum atomic E-state index is -1.94. The molecule has 1 aliphatic heterocycles. The van der Waals surface area contributed by atoms with Gasteiger partial charge in [-0.15, -0.1) is 0 Å². The zero-order valence-corrected chi connectivity index (χ0v) is 49.7. The smallest absolute Gasteiger partial charge is 0.335 e. The number of hydrogen-bond donors (Lipinski definition) is 3. The summed E-state index contributed by atoms with van der Waals surface area (Å²) in [5.74, 6) is -3.29. The summed E-state index contributed by atoms with van der Waals surface area (Å²) in [6.07, 6.45) is 67.8. The maximum Gasteiger partial charge on any atom is 0.335 e. The van der Waals surface area contributed by atoms with Crippen LogP contribution < -0.4 is 0 Å². The van der Waals surface area contributed by atoms with Crippen LogP contribution in [0, 0.1) is 0 Å². The summed E-state index contributed by atoms with van der Waals surface area (Å²) in [6, 6.07) is 0. The van der Waals surface area contributed by atoms with Gasteiger partial charge in [0.1, 0.15) is 18.8 Å². The van der Waals surface area contributed by atoms with Crippen molar-refractivity contribution in [1.29, 1.82) is 0 Å². The second-order valence-corrected chi connectivity index (χ2v) is 19.8. The lowest BCUT2D eigenvalue weighted by Crippen LogP contribution is -2.61. The predicted octanol–water partition coefficient (Wildman–Crippen LogP) is 16.1. The molecule has 3 N–H and O–H groups in total. The first-order valence-corrected chi connectivity index (χ1v) is 30.5. The van der Waals surface area contributed by atoms with Crippen molar-refractivity contribution in [2.24, 2.45) is 0 Å². The van der Waals surface area contributed by atoms with Gasteiger partial charge in [-0.3, -0.25) is 14.4 Å². The summed E-state index contributed by atoms with van der Waals surface area (Å²) in [4.78, 5) is 51.2. The van der Waals surface area contributed by atoms with Crippen LogP contribution in [-0.4, -0.2) is 89.2 Å². The van der Waals surface area contributed by atoms with Crippen LogP contribution in [0.5, 0.6) is 0 Å². The average Bonchev–Trinajstić information content (AvgIpc) is 3.53. The molecule has 12 nitrogen and oxygen atoms in total. The van der Waals surface area contributed by atoms with Gasteiger partial charge in [-0.05, 0) is 135 Å². The van der Waals surface area contributed by atoms with E-state index in [1.165, 1.54) is 0 Å². The van der Waals surface area contributed by atoms with Crippen LogP contribution >= 0.6 is 0 Å². The van der Waals surface area contributed by atoms with E-state index < -0.39 is 67.3 Å². The molecule has 0 amide bonds. The molecule has 0 aliphatic carbocycles. The molecule has 12 heteroatoms. The Labute approximate surface area is 488 Å². The summed E-state index contributed by atoms with van der Waals surface area (Å²) >= 11 is 0. The highest BCUT2D eigenvalue weighted by molar-refractivity contribution is 5.74. The molecule has 81 heavy (non-hydrogen) atoms. The number of allylic oxidation sites excluding steroid dienone is 26. The highest BCUT2D eigenvalue weighted by Gasteiger charge is 2.50. The van der Waals surface area contributed by atoms with E-state index in [4.69, 9.17) is 23.7 Å². The number of carbonyl (C=O) groups is 4. The third-order valence-electron chi connectivity index (χ3n) is 12.6. The second-order valence-electron chi connectivity index (χ2n) is 19.8. The molecule has 0 bridgehead atoms. The zero-order valence-electron chi connectivity index (χ0n) is 49.7. The molecule has 6 unspecified atom stereocenters. The molecular formula is C69H104O12. The number of ether oxygens (including phenoxy) is 5. The Morgan fingerprint density at radius 2 is 0.753 bits per heavy atom. The van der Waals surface area contributed by atoms with Crippen molar-refractivity contribution in [3.05, 3.63) is 158 Å². The Morgan fingerprint density at radius 1 is 0.407 bits per heavy atom. The summed E-state index contributed by atoms with van der Waals surface area (Å²) in [5.41, 5.74) is 0. The third-order valence-corrected chi connectivity index (χ3v) is 12.6. The van der Waals surface area contributed by atoms with E-state index in [9.17, 15) is 34.5 Å². The molecule has 1 fully saturated rings. The molecule has 1 aliphatic rings. The van der Waals surface area contributed by atoms with E-state index in [-0.39, 0.29) is 25.9 Å². The van der Waals surface area contributed by atoms with Crippen molar-refractivity contribution < 1.29 is 58.2 Å². The molecule has 452 valence electrons. The van der Waals surface area contributed by atoms with E-state index >= 15 is 0 Å². The Balaban J connectivity index is 2.77. The number of carboxylic acid groups (broad SMARTS) is 1. The fraction of sp³-hybridized carbons (Fsp3) is 0.565. The van der Waals surface area contributed by atoms with Crippen molar-refractivity contribution in [1.82, 2.24) is 0 Å². The van der Waals surface area contributed by atoms with Crippen molar-refractivity contribution in [2.45, 2.75) is 237 Å². The van der Waals surface area contributed by atoms with Crippen LogP contribution in [0.3, 0.4) is 0 Å². The van der Waals surface area contributed by atoms with Gasteiger partial charge >= 0.3 is 23.9 Å². The molecule has 1 rings (SSSR count). The quantitative estimate of drug-likeness (QED) is 0.0228. The number of aliphatic carboxylic acids is 1. The Hall–Kier alpha value is -5.66. The van der Waals surface area contributed by atoms with E-state index in [2.05, 4.69) is 167 Å². The summed E-state index contributed by atoms with van der Waals surface area (Å²) in [6.45, 7) is 5.57. The van der Waals surface area contributed by atoms with Gasteiger partial charge in [0.2, 0.25) is 0 Å². The molecular weight excluding hydrogens is 1020 g/mol. The molecule has 1 heterocycles. The van der Waals surface area contributed by atoms with Gasteiger partial charge < -0.3 is 39.0 Å². The first-order chi connectivity index (χ1) is 39.6. The molecule has 0 aromatic heterocycles. The number of esters is 3. The number of carboxylic acids is 1. The second kappa shape index (κ2) is 54.9. The predicted molar refractivity (Wildman–Crippen MR) is 330 cm³/mol. The largest absolute Gasteiger partial charge is 0.479 e. The number of hydrogen-bond acceptors (Lipinski definition) is 11. The van der Waals surface area contributed by atoms with Crippen LogP contribution in [0.25, 0.3) is 0 Å². The number of rotatable bonds is 49. The van der Waals surface area contributed by atoms with Crippen LogP contribution in [0.2, 0.25) is 0 Å². The lowest BCUT2D eigenvalue weighted by atomic mass is 9.98. The molecule has 0 aromatic rings. The molecule has 0 radical (unpaired) electrons. The van der Waals surface area contributed by atoms with Gasteiger partial charge in [0.05, 0.1) is 6.61 Å². The molecule has 0 saturated carbocycles. The summed E-state index contributed by atoms with van der Waals surface area (Å²) in [7, 11) is 0.